The minimum Gasteiger partial charge on any atom is -0.314 e. The van der Waals surface area contributed by atoms with Crippen molar-refractivity contribution in [3.05, 3.63) is 0 Å². The molecule has 2 atom stereocenters. The van der Waals surface area contributed by atoms with Gasteiger partial charge in [0.05, 0.1) is 6.42 Å². The molecule has 18 heavy (non-hydrogen) atoms. The summed E-state index contributed by atoms with van der Waals surface area (Å²) < 4.78 is 36.6. The van der Waals surface area contributed by atoms with E-state index in [0.29, 0.717) is 12.0 Å². The van der Waals surface area contributed by atoms with Gasteiger partial charge in [0.15, 0.2) is 0 Å². The molecular formula is C13H25F3N2. The number of rotatable bonds is 6. The number of hydrogen-bond acceptors (Lipinski definition) is 2. The van der Waals surface area contributed by atoms with Crippen molar-refractivity contribution in [2.45, 2.75) is 51.7 Å². The molecular weight excluding hydrogens is 241 g/mol. The number of nitrogens with zero attached hydrogens (tertiary/aromatic N) is 1. The summed E-state index contributed by atoms with van der Waals surface area (Å²) in [6, 6.07) is 0.402. The van der Waals surface area contributed by atoms with Gasteiger partial charge in [-0.3, -0.25) is 0 Å². The Hall–Kier alpha value is -0.290. The van der Waals surface area contributed by atoms with Crippen LogP contribution in [0.2, 0.25) is 0 Å². The fourth-order valence-electron chi connectivity index (χ4n) is 2.53. The minimum absolute atomic E-state index is 0.153. The van der Waals surface area contributed by atoms with Crippen LogP contribution in [0, 0.1) is 5.92 Å². The molecule has 0 aromatic carbocycles. The molecule has 0 bridgehead atoms. The Morgan fingerprint density at radius 3 is 2.72 bits per heavy atom. The maximum absolute atomic E-state index is 12.2. The minimum atomic E-state index is -4.03. The molecule has 1 heterocycles. The average molecular weight is 266 g/mol. The van der Waals surface area contributed by atoms with Gasteiger partial charge in [0.2, 0.25) is 0 Å². The fraction of sp³-hybridized carbons (Fsp3) is 1.00. The van der Waals surface area contributed by atoms with Crippen molar-refractivity contribution in [3.63, 3.8) is 0 Å². The maximum atomic E-state index is 12.2. The van der Waals surface area contributed by atoms with Crippen LogP contribution in [0.1, 0.15) is 39.5 Å². The quantitative estimate of drug-likeness (QED) is 0.795. The van der Waals surface area contributed by atoms with Gasteiger partial charge < -0.3 is 10.2 Å². The molecule has 0 aromatic rings. The summed E-state index contributed by atoms with van der Waals surface area (Å²) in [5, 5.41) is 3.45. The third-order valence-electron chi connectivity index (χ3n) is 3.68. The molecule has 0 saturated carbocycles. The summed E-state index contributed by atoms with van der Waals surface area (Å²) in [5.41, 5.74) is 0. The van der Waals surface area contributed by atoms with Gasteiger partial charge in [-0.2, -0.15) is 13.2 Å². The lowest BCUT2D eigenvalue weighted by Gasteiger charge is -2.36. The van der Waals surface area contributed by atoms with E-state index in [1.165, 1.54) is 0 Å². The van der Waals surface area contributed by atoms with Crippen LogP contribution >= 0.6 is 0 Å². The first-order valence-corrected chi connectivity index (χ1v) is 6.95. The van der Waals surface area contributed by atoms with Gasteiger partial charge in [0, 0.05) is 19.1 Å². The van der Waals surface area contributed by atoms with Crippen LogP contribution < -0.4 is 5.32 Å². The molecule has 108 valence electrons. The van der Waals surface area contributed by atoms with E-state index in [9.17, 15) is 13.2 Å². The van der Waals surface area contributed by atoms with E-state index in [1.54, 1.807) is 0 Å². The highest BCUT2D eigenvalue weighted by Crippen LogP contribution is 2.24. The zero-order valence-corrected chi connectivity index (χ0v) is 11.4. The average Bonchev–Trinajstić information content (AvgIpc) is 2.33. The van der Waals surface area contributed by atoms with Crippen LogP contribution in [-0.2, 0) is 0 Å². The molecule has 0 amide bonds. The highest BCUT2D eigenvalue weighted by Gasteiger charge is 2.30. The van der Waals surface area contributed by atoms with E-state index in [-0.39, 0.29) is 6.54 Å². The largest absolute Gasteiger partial charge is 0.390 e. The Bertz CT molecular complexity index is 231. The van der Waals surface area contributed by atoms with Gasteiger partial charge >= 0.3 is 6.18 Å². The topological polar surface area (TPSA) is 15.3 Å². The number of nitrogens with one attached hydrogen (secondary N) is 1. The van der Waals surface area contributed by atoms with Crippen molar-refractivity contribution >= 4 is 0 Å². The van der Waals surface area contributed by atoms with Gasteiger partial charge in [0.1, 0.15) is 0 Å². The Morgan fingerprint density at radius 2 is 2.11 bits per heavy atom. The molecule has 5 heteroatoms. The van der Waals surface area contributed by atoms with Crippen LogP contribution in [0.15, 0.2) is 0 Å². The number of likely N-dealkylation sites (tertiary alicyclic amines) is 1. The summed E-state index contributed by atoms with van der Waals surface area (Å²) in [7, 11) is 0. The van der Waals surface area contributed by atoms with E-state index in [0.717, 1.165) is 38.9 Å². The van der Waals surface area contributed by atoms with Gasteiger partial charge in [-0.05, 0) is 45.2 Å². The summed E-state index contributed by atoms with van der Waals surface area (Å²) in [6.07, 6.45) is -1.48. The molecule has 0 spiro atoms. The first-order valence-electron chi connectivity index (χ1n) is 6.95. The predicted octanol–water partition coefficient (Wildman–Crippen LogP) is 3.04. The molecule has 0 aliphatic carbocycles. The van der Waals surface area contributed by atoms with Gasteiger partial charge in [0.25, 0.3) is 0 Å². The van der Waals surface area contributed by atoms with Gasteiger partial charge in [-0.1, -0.05) is 6.92 Å². The fourth-order valence-corrected chi connectivity index (χ4v) is 2.53. The number of piperidine rings is 1. The van der Waals surface area contributed by atoms with E-state index >= 15 is 0 Å². The van der Waals surface area contributed by atoms with E-state index in [2.05, 4.69) is 19.2 Å². The Balaban J connectivity index is 2.31. The first kappa shape index (κ1) is 15.8. The Morgan fingerprint density at radius 1 is 1.39 bits per heavy atom. The summed E-state index contributed by atoms with van der Waals surface area (Å²) in [4.78, 5) is 1.96. The van der Waals surface area contributed by atoms with E-state index in [1.807, 2.05) is 4.90 Å². The molecule has 0 radical (unpaired) electrons. The Labute approximate surface area is 108 Å². The smallest absolute Gasteiger partial charge is 0.314 e. The third kappa shape index (κ3) is 6.05. The van der Waals surface area contributed by atoms with Crippen molar-refractivity contribution in [1.29, 1.82) is 0 Å². The molecule has 1 rings (SSSR count). The molecule has 2 unspecified atom stereocenters. The number of halogens is 3. The summed E-state index contributed by atoms with van der Waals surface area (Å²) in [6.45, 7) is 7.02. The maximum Gasteiger partial charge on any atom is 0.390 e. The van der Waals surface area contributed by atoms with Crippen LogP contribution in [0.4, 0.5) is 13.2 Å². The molecule has 1 N–H and O–H groups in total. The van der Waals surface area contributed by atoms with Crippen molar-refractivity contribution in [3.8, 4) is 0 Å². The zero-order valence-electron chi connectivity index (χ0n) is 11.4. The molecule has 0 aromatic heterocycles. The van der Waals surface area contributed by atoms with E-state index < -0.39 is 12.6 Å². The highest BCUT2D eigenvalue weighted by atomic mass is 19.4. The van der Waals surface area contributed by atoms with Crippen LogP contribution in [0.3, 0.4) is 0 Å². The summed E-state index contributed by atoms with van der Waals surface area (Å²) in [5.74, 6) is 0.485. The molecule has 2 nitrogen and oxygen atoms in total. The van der Waals surface area contributed by atoms with Crippen molar-refractivity contribution in [2.75, 3.05) is 26.2 Å². The SMILES string of the molecule is CCCNC(C)C1CCCN(CCC(F)(F)F)C1. The summed E-state index contributed by atoms with van der Waals surface area (Å²) >= 11 is 0. The standard InChI is InChI=1S/C13H25F3N2/c1-3-7-17-11(2)12-5-4-8-18(10-12)9-6-13(14,15)16/h11-12,17H,3-10H2,1-2H3. The molecule has 1 saturated heterocycles. The number of alkyl halides is 3. The van der Waals surface area contributed by atoms with Crippen molar-refractivity contribution in [1.82, 2.24) is 10.2 Å². The third-order valence-corrected chi connectivity index (χ3v) is 3.68. The second kappa shape index (κ2) is 7.34. The lowest BCUT2D eigenvalue weighted by atomic mass is 9.91. The lowest BCUT2D eigenvalue weighted by Crippen LogP contribution is -2.45. The normalized spacial score (nSPS) is 24.2. The molecule has 1 aliphatic heterocycles. The Kier molecular flexibility index (Phi) is 6.43. The van der Waals surface area contributed by atoms with Gasteiger partial charge in [-0.25, -0.2) is 0 Å². The monoisotopic (exact) mass is 266 g/mol. The first-order chi connectivity index (χ1) is 8.42. The van der Waals surface area contributed by atoms with Gasteiger partial charge in [-0.15, -0.1) is 0 Å². The predicted molar refractivity (Wildman–Crippen MR) is 67.6 cm³/mol. The highest BCUT2D eigenvalue weighted by molar-refractivity contribution is 4.80. The van der Waals surface area contributed by atoms with Crippen molar-refractivity contribution < 1.29 is 13.2 Å². The van der Waals surface area contributed by atoms with Crippen molar-refractivity contribution in [2.24, 2.45) is 5.92 Å². The van der Waals surface area contributed by atoms with Crippen LogP contribution in [0.5, 0.6) is 0 Å². The second-order valence-corrected chi connectivity index (χ2v) is 5.31. The zero-order chi connectivity index (χ0) is 13.6. The van der Waals surface area contributed by atoms with Crippen LogP contribution in [0.25, 0.3) is 0 Å². The van der Waals surface area contributed by atoms with E-state index in [4.69, 9.17) is 0 Å². The lowest BCUT2D eigenvalue weighted by molar-refractivity contribution is -0.138. The van der Waals surface area contributed by atoms with Crippen LogP contribution in [-0.4, -0.2) is 43.3 Å². The molecule has 1 aliphatic rings. The second-order valence-electron chi connectivity index (χ2n) is 5.31. The number of hydrogen-bond donors (Lipinski definition) is 1. The molecule has 1 fully saturated rings.